The number of hydrogen-bond donors (Lipinski definition) is 1. The highest BCUT2D eigenvalue weighted by Crippen LogP contribution is 2.29. The lowest BCUT2D eigenvalue weighted by Crippen LogP contribution is -2.47. The molecule has 0 unspecified atom stereocenters. The van der Waals surface area contributed by atoms with E-state index >= 15 is 0 Å². The summed E-state index contributed by atoms with van der Waals surface area (Å²) in [4.78, 5) is 9.20. The van der Waals surface area contributed by atoms with Gasteiger partial charge in [-0.2, -0.15) is 0 Å². The lowest BCUT2D eigenvalue weighted by atomic mass is 10.2. The minimum absolute atomic E-state index is 0.590. The van der Waals surface area contributed by atoms with Crippen LogP contribution in [0.5, 0.6) is 0 Å². The summed E-state index contributed by atoms with van der Waals surface area (Å²) in [6.07, 6.45) is 0. The zero-order chi connectivity index (χ0) is 15.8. The van der Waals surface area contributed by atoms with E-state index in [1.807, 2.05) is 25.1 Å². The summed E-state index contributed by atoms with van der Waals surface area (Å²) >= 11 is 0. The number of anilines is 3. The minimum Gasteiger partial charge on any atom is -0.397 e. The van der Waals surface area contributed by atoms with Crippen LogP contribution in [0, 0.1) is 6.92 Å². The van der Waals surface area contributed by atoms with Crippen molar-refractivity contribution in [3.63, 3.8) is 0 Å². The lowest BCUT2D eigenvalue weighted by molar-refractivity contribution is 0.315. The normalized spacial score (nSPS) is 15.3. The molecule has 0 spiro atoms. The molecule has 1 aliphatic rings. The van der Waals surface area contributed by atoms with Crippen LogP contribution in [0.2, 0.25) is 0 Å². The molecule has 1 aromatic carbocycles. The van der Waals surface area contributed by atoms with Crippen LogP contribution in [0.15, 0.2) is 35.0 Å². The van der Waals surface area contributed by atoms with E-state index in [2.05, 4.69) is 37.2 Å². The van der Waals surface area contributed by atoms with Gasteiger partial charge in [-0.05, 0) is 41.5 Å². The molecule has 0 radical (unpaired) electrons. The Bertz CT molecular complexity index is 837. The first-order chi connectivity index (χ1) is 11.2. The van der Waals surface area contributed by atoms with Crippen LogP contribution in [0.3, 0.4) is 0 Å². The third-order valence-corrected chi connectivity index (χ3v) is 4.24. The van der Waals surface area contributed by atoms with Crippen molar-refractivity contribution < 1.29 is 4.63 Å². The summed E-state index contributed by atoms with van der Waals surface area (Å²) < 4.78 is 4.85. The van der Waals surface area contributed by atoms with Crippen molar-refractivity contribution in [3.05, 3.63) is 36.0 Å². The van der Waals surface area contributed by atoms with E-state index in [9.17, 15) is 0 Å². The highest BCUT2D eigenvalue weighted by molar-refractivity contribution is 5.95. The first kappa shape index (κ1) is 13.8. The molecule has 1 aliphatic heterocycles. The first-order valence-corrected chi connectivity index (χ1v) is 7.67. The Morgan fingerprint density at radius 2 is 1.70 bits per heavy atom. The maximum atomic E-state index is 5.91. The number of nitrogens with zero attached hydrogens (tertiary/aromatic N) is 5. The molecule has 0 atom stereocenters. The Balaban J connectivity index is 1.55. The Morgan fingerprint density at radius 3 is 2.48 bits per heavy atom. The molecule has 118 valence electrons. The van der Waals surface area contributed by atoms with Crippen LogP contribution < -0.4 is 15.5 Å². The third kappa shape index (κ3) is 2.44. The molecule has 0 aliphatic carbocycles. The number of aryl methyl sites for hydroxylation is 1. The van der Waals surface area contributed by atoms with Gasteiger partial charge in [-0.1, -0.05) is 6.07 Å². The highest BCUT2D eigenvalue weighted by Gasteiger charge is 2.21. The van der Waals surface area contributed by atoms with Crippen LogP contribution in [-0.2, 0) is 0 Å². The van der Waals surface area contributed by atoms with Gasteiger partial charge in [0.15, 0.2) is 11.0 Å². The van der Waals surface area contributed by atoms with Gasteiger partial charge < -0.3 is 15.5 Å². The molecule has 3 heterocycles. The van der Waals surface area contributed by atoms with Crippen molar-refractivity contribution in [2.75, 3.05) is 41.7 Å². The fourth-order valence-corrected chi connectivity index (χ4v) is 3.01. The molecule has 7 nitrogen and oxygen atoms in total. The zero-order valence-electron chi connectivity index (χ0n) is 12.9. The van der Waals surface area contributed by atoms with Gasteiger partial charge in [0.2, 0.25) is 0 Å². The van der Waals surface area contributed by atoms with Gasteiger partial charge in [0.1, 0.15) is 5.82 Å². The summed E-state index contributed by atoms with van der Waals surface area (Å²) in [7, 11) is 0. The number of aromatic nitrogens is 3. The van der Waals surface area contributed by atoms with Crippen molar-refractivity contribution in [3.8, 4) is 0 Å². The minimum atomic E-state index is 0.590. The van der Waals surface area contributed by atoms with Gasteiger partial charge in [-0.3, -0.25) is 0 Å². The van der Waals surface area contributed by atoms with Crippen LogP contribution in [-0.4, -0.2) is 41.5 Å². The number of nitrogen functional groups attached to an aromatic ring is 1. The van der Waals surface area contributed by atoms with Crippen LogP contribution in [0.4, 0.5) is 17.2 Å². The standard InChI is InChI=1S/C16H18N6O/c1-11-3-2-4-14(18-11)22-9-7-21(8-10-22)13-6-5-12(17)15-16(13)20-23-19-15/h2-6H,7-10,17H2,1H3. The number of rotatable bonds is 2. The summed E-state index contributed by atoms with van der Waals surface area (Å²) in [5.74, 6) is 1.04. The Kier molecular flexibility index (Phi) is 3.25. The quantitative estimate of drug-likeness (QED) is 0.723. The van der Waals surface area contributed by atoms with Crippen LogP contribution >= 0.6 is 0 Å². The van der Waals surface area contributed by atoms with Crippen molar-refractivity contribution >= 4 is 28.2 Å². The molecule has 0 amide bonds. The summed E-state index contributed by atoms with van der Waals surface area (Å²) in [5.41, 5.74) is 9.92. The Hall–Kier alpha value is -2.83. The van der Waals surface area contributed by atoms with E-state index in [1.165, 1.54) is 0 Å². The van der Waals surface area contributed by atoms with Gasteiger partial charge in [-0.15, -0.1) is 0 Å². The van der Waals surface area contributed by atoms with E-state index in [0.29, 0.717) is 11.2 Å². The molecule has 7 heteroatoms. The number of pyridine rings is 1. The molecule has 0 saturated carbocycles. The predicted molar refractivity (Wildman–Crippen MR) is 89.6 cm³/mol. The molecule has 1 saturated heterocycles. The van der Waals surface area contributed by atoms with E-state index < -0.39 is 0 Å². The molecule has 23 heavy (non-hydrogen) atoms. The highest BCUT2D eigenvalue weighted by atomic mass is 16.6. The average Bonchev–Trinajstić information content (AvgIpc) is 3.06. The first-order valence-electron chi connectivity index (χ1n) is 7.67. The summed E-state index contributed by atoms with van der Waals surface area (Å²) in [6.45, 7) is 5.62. The van der Waals surface area contributed by atoms with E-state index in [1.54, 1.807) is 0 Å². The molecular weight excluding hydrogens is 292 g/mol. The summed E-state index contributed by atoms with van der Waals surface area (Å²) in [5, 5.41) is 7.90. The molecule has 1 fully saturated rings. The number of hydrogen-bond acceptors (Lipinski definition) is 7. The maximum Gasteiger partial charge on any atom is 0.160 e. The third-order valence-electron chi connectivity index (χ3n) is 4.24. The zero-order valence-corrected chi connectivity index (χ0v) is 12.9. The number of benzene rings is 1. The van der Waals surface area contributed by atoms with Crippen LogP contribution in [0.1, 0.15) is 5.69 Å². The maximum absolute atomic E-state index is 5.91. The van der Waals surface area contributed by atoms with Crippen LogP contribution in [0.25, 0.3) is 11.0 Å². The van der Waals surface area contributed by atoms with Gasteiger partial charge in [0.25, 0.3) is 0 Å². The Labute approximate surface area is 133 Å². The molecular formula is C16H18N6O. The smallest absolute Gasteiger partial charge is 0.160 e. The van der Waals surface area contributed by atoms with Crippen molar-refractivity contribution in [1.29, 1.82) is 0 Å². The van der Waals surface area contributed by atoms with Gasteiger partial charge in [-0.25, -0.2) is 9.61 Å². The molecule has 0 bridgehead atoms. The van der Waals surface area contributed by atoms with Gasteiger partial charge in [0.05, 0.1) is 11.4 Å². The second-order valence-corrected chi connectivity index (χ2v) is 5.75. The largest absolute Gasteiger partial charge is 0.397 e. The van der Waals surface area contributed by atoms with Crippen molar-refractivity contribution in [2.24, 2.45) is 0 Å². The number of piperazine rings is 1. The van der Waals surface area contributed by atoms with Crippen molar-refractivity contribution in [2.45, 2.75) is 6.92 Å². The fraction of sp³-hybridized carbons (Fsp3) is 0.312. The monoisotopic (exact) mass is 310 g/mol. The van der Waals surface area contributed by atoms with Gasteiger partial charge >= 0.3 is 0 Å². The molecule has 2 aromatic heterocycles. The summed E-state index contributed by atoms with van der Waals surface area (Å²) in [6, 6.07) is 9.97. The molecule has 2 N–H and O–H groups in total. The topological polar surface area (TPSA) is 84.3 Å². The molecule has 4 rings (SSSR count). The lowest BCUT2D eigenvalue weighted by Gasteiger charge is -2.36. The average molecular weight is 310 g/mol. The fourth-order valence-electron chi connectivity index (χ4n) is 3.01. The van der Waals surface area contributed by atoms with E-state index in [4.69, 9.17) is 10.4 Å². The number of fused-ring (bicyclic) bond motifs is 1. The SMILES string of the molecule is Cc1cccc(N2CCN(c3ccc(N)c4nonc34)CC2)n1. The van der Waals surface area contributed by atoms with E-state index in [-0.39, 0.29) is 0 Å². The Morgan fingerprint density at radius 1 is 0.957 bits per heavy atom. The second kappa shape index (κ2) is 5.42. The van der Waals surface area contributed by atoms with Gasteiger partial charge in [0, 0.05) is 31.9 Å². The number of nitrogens with two attached hydrogens (primary N) is 1. The van der Waals surface area contributed by atoms with Crippen molar-refractivity contribution in [1.82, 2.24) is 15.3 Å². The second-order valence-electron chi connectivity index (χ2n) is 5.75. The molecule has 3 aromatic rings. The van der Waals surface area contributed by atoms with E-state index in [0.717, 1.165) is 48.9 Å². The predicted octanol–water partition coefficient (Wildman–Crippen LogP) is 1.84.